The van der Waals surface area contributed by atoms with Gasteiger partial charge in [-0.1, -0.05) is 0 Å². The minimum absolute atomic E-state index is 0.112. The SMILES string of the molecule is CC1(NCc2cc(F)cc([N+](=O)[O-])c2)CCC1. The molecule has 0 atom stereocenters. The monoisotopic (exact) mass is 238 g/mol. The first-order valence-electron chi connectivity index (χ1n) is 5.67. The second-order valence-corrected chi connectivity index (χ2v) is 4.84. The smallest absolute Gasteiger partial charge is 0.272 e. The summed E-state index contributed by atoms with van der Waals surface area (Å²) < 4.78 is 13.2. The van der Waals surface area contributed by atoms with Gasteiger partial charge in [0, 0.05) is 18.2 Å². The topological polar surface area (TPSA) is 55.2 Å². The van der Waals surface area contributed by atoms with Gasteiger partial charge in [-0.3, -0.25) is 10.1 Å². The highest BCUT2D eigenvalue weighted by atomic mass is 19.1. The van der Waals surface area contributed by atoms with E-state index in [1.165, 1.54) is 18.6 Å². The van der Waals surface area contributed by atoms with Crippen LogP contribution in [-0.4, -0.2) is 10.5 Å². The molecule has 1 saturated carbocycles. The molecule has 2 rings (SSSR count). The van der Waals surface area contributed by atoms with Gasteiger partial charge in [0.15, 0.2) is 0 Å². The van der Waals surface area contributed by atoms with E-state index in [1.54, 1.807) is 0 Å². The average molecular weight is 238 g/mol. The lowest BCUT2D eigenvalue weighted by molar-refractivity contribution is -0.385. The van der Waals surface area contributed by atoms with Crippen LogP contribution in [0.5, 0.6) is 0 Å². The fourth-order valence-corrected chi connectivity index (χ4v) is 2.04. The van der Waals surface area contributed by atoms with E-state index in [-0.39, 0.29) is 11.2 Å². The van der Waals surface area contributed by atoms with Gasteiger partial charge in [-0.15, -0.1) is 0 Å². The summed E-state index contributed by atoms with van der Waals surface area (Å²) in [7, 11) is 0. The van der Waals surface area contributed by atoms with E-state index in [0.717, 1.165) is 18.9 Å². The predicted octanol–water partition coefficient (Wildman–Crippen LogP) is 2.77. The summed E-state index contributed by atoms with van der Waals surface area (Å²) in [6.45, 7) is 2.58. The molecule has 1 fully saturated rings. The molecular weight excluding hydrogens is 223 g/mol. The van der Waals surface area contributed by atoms with Crippen molar-refractivity contribution in [1.82, 2.24) is 5.32 Å². The Kier molecular flexibility index (Phi) is 3.11. The Bertz CT molecular complexity index is 444. The van der Waals surface area contributed by atoms with Crippen molar-refractivity contribution in [1.29, 1.82) is 0 Å². The number of nitrogens with zero attached hydrogens (tertiary/aromatic N) is 1. The second-order valence-electron chi connectivity index (χ2n) is 4.84. The number of nitro benzene ring substituents is 1. The van der Waals surface area contributed by atoms with Gasteiger partial charge in [0.25, 0.3) is 5.69 Å². The molecule has 17 heavy (non-hydrogen) atoms. The van der Waals surface area contributed by atoms with Crippen molar-refractivity contribution in [3.63, 3.8) is 0 Å². The van der Waals surface area contributed by atoms with Crippen LogP contribution in [0.2, 0.25) is 0 Å². The van der Waals surface area contributed by atoms with Crippen molar-refractivity contribution in [3.8, 4) is 0 Å². The van der Waals surface area contributed by atoms with E-state index < -0.39 is 10.7 Å². The molecule has 0 radical (unpaired) electrons. The summed E-state index contributed by atoms with van der Waals surface area (Å²) in [5.74, 6) is -0.560. The van der Waals surface area contributed by atoms with E-state index in [4.69, 9.17) is 0 Å². The molecule has 0 bridgehead atoms. The first kappa shape index (κ1) is 12.0. The van der Waals surface area contributed by atoms with Crippen LogP contribution in [-0.2, 0) is 6.54 Å². The lowest BCUT2D eigenvalue weighted by Crippen LogP contribution is -2.47. The molecule has 5 heteroatoms. The number of nitro groups is 1. The lowest BCUT2D eigenvalue weighted by atomic mass is 9.78. The molecule has 4 nitrogen and oxygen atoms in total. The Labute approximate surface area is 99.0 Å². The minimum Gasteiger partial charge on any atom is -0.307 e. The molecule has 0 amide bonds. The van der Waals surface area contributed by atoms with Crippen molar-refractivity contribution in [3.05, 3.63) is 39.7 Å². The van der Waals surface area contributed by atoms with E-state index in [1.807, 2.05) is 0 Å². The third kappa shape index (κ3) is 2.79. The lowest BCUT2D eigenvalue weighted by Gasteiger charge is -2.39. The Morgan fingerprint density at radius 3 is 2.71 bits per heavy atom. The third-order valence-corrected chi connectivity index (χ3v) is 3.33. The zero-order valence-electron chi connectivity index (χ0n) is 9.70. The fourth-order valence-electron chi connectivity index (χ4n) is 2.04. The van der Waals surface area contributed by atoms with Gasteiger partial charge in [-0.2, -0.15) is 0 Å². The van der Waals surface area contributed by atoms with Crippen LogP contribution in [0.1, 0.15) is 31.7 Å². The van der Waals surface area contributed by atoms with Crippen molar-refractivity contribution in [2.45, 2.75) is 38.3 Å². The Balaban J connectivity index is 2.07. The summed E-state index contributed by atoms with van der Waals surface area (Å²) in [6.07, 6.45) is 3.40. The molecule has 1 N–H and O–H groups in total. The van der Waals surface area contributed by atoms with Crippen LogP contribution in [0.3, 0.4) is 0 Å². The largest absolute Gasteiger partial charge is 0.307 e. The Morgan fingerprint density at radius 2 is 2.18 bits per heavy atom. The Hall–Kier alpha value is -1.49. The second kappa shape index (κ2) is 4.41. The molecule has 1 aliphatic carbocycles. The van der Waals surface area contributed by atoms with Crippen LogP contribution >= 0.6 is 0 Å². The van der Waals surface area contributed by atoms with Gasteiger partial charge >= 0.3 is 0 Å². The van der Waals surface area contributed by atoms with Gasteiger partial charge in [0.05, 0.1) is 11.0 Å². The first-order chi connectivity index (χ1) is 7.98. The molecule has 92 valence electrons. The van der Waals surface area contributed by atoms with Gasteiger partial charge in [-0.05, 0) is 37.8 Å². The molecule has 1 aromatic carbocycles. The molecule has 1 aromatic rings. The van der Waals surface area contributed by atoms with E-state index in [2.05, 4.69) is 12.2 Å². The average Bonchev–Trinajstić information content (AvgIpc) is 2.23. The Morgan fingerprint density at radius 1 is 1.47 bits per heavy atom. The zero-order valence-corrected chi connectivity index (χ0v) is 9.70. The molecule has 0 aliphatic heterocycles. The maximum absolute atomic E-state index is 13.2. The number of hydrogen-bond donors (Lipinski definition) is 1. The number of benzene rings is 1. The molecule has 0 spiro atoms. The summed E-state index contributed by atoms with van der Waals surface area (Å²) in [6, 6.07) is 3.69. The van der Waals surface area contributed by atoms with Crippen LogP contribution in [0, 0.1) is 15.9 Å². The van der Waals surface area contributed by atoms with Crippen LogP contribution in [0.25, 0.3) is 0 Å². The molecular formula is C12H15FN2O2. The highest BCUT2D eigenvalue weighted by Gasteiger charge is 2.30. The molecule has 1 aliphatic rings. The highest BCUT2D eigenvalue weighted by molar-refractivity contribution is 5.35. The molecule has 0 heterocycles. The molecule has 0 unspecified atom stereocenters. The van der Waals surface area contributed by atoms with Crippen molar-refractivity contribution in [2.24, 2.45) is 0 Å². The van der Waals surface area contributed by atoms with Gasteiger partial charge < -0.3 is 5.32 Å². The van der Waals surface area contributed by atoms with Gasteiger partial charge in [0.2, 0.25) is 0 Å². The summed E-state index contributed by atoms with van der Waals surface area (Å²) in [5, 5.41) is 13.9. The quantitative estimate of drug-likeness (QED) is 0.648. The maximum Gasteiger partial charge on any atom is 0.272 e. The molecule has 0 aromatic heterocycles. The summed E-state index contributed by atoms with van der Waals surface area (Å²) in [4.78, 5) is 10.0. The summed E-state index contributed by atoms with van der Waals surface area (Å²) in [5.41, 5.74) is 0.534. The van der Waals surface area contributed by atoms with Gasteiger partial charge in [0.1, 0.15) is 5.82 Å². The number of hydrogen-bond acceptors (Lipinski definition) is 3. The van der Waals surface area contributed by atoms with E-state index in [9.17, 15) is 14.5 Å². The van der Waals surface area contributed by atoms with Crippen molar-refractivity contribution in [2.75, 3.05) is 0 Å². The van der Waals surface area contributed by atoms with Gasteiger partial charge in [-0.25, -0.2) is 4.39 Å². The fraction of sp³-hybridized carbons (Fsp3) is 0.500. The maximum atomic E-state index is 13.2. The highest BCUT2D eigenvalue weighted by Crippen LogP contribution is 2.31. The summed E-state index contributed by atoms with van der Waals surface area (Å²) >= 11 is 0. The van der Waals surface area contributed by atoms with E-state index in [0.29, 0.717) is 12.1 Å². The normalized spacial score (nSPS) is 17.5. The van der Waals surface area contributed by atoms with Crippen LogP contribution in [0.4, 0.5) is 10.1 Å². The van der Waals surface area contributed by atoms with Crippen LogP contribution < -0.4 is 5.32 Å². The third-order valence-electron chi connectivity index (χ3n) is 3.33. The van der Waals surface area contributed by atoms with Crippen LogP contribution in [0.15, 0.2) is 18.2 Å². The first-order valence-corrected chi connectivity index (χ1v) is 5.67. The van der Waals surface area contributed by atoms with Crippen molar-refractivity contribution < 1.29 is 9.31 Å². The zero-order chi connectivity index (χ0) is 12.5. The number of non-ortho nitro benzene ring substituents is 1. The number of halogens is 1. The predicted molar refractivity (Wildman–Crippen MR) is 62.2 cm³/mol. The number of nitrogens with one attached hydrogen (secondary N) is 1. The van der Waals surface area contributed by atoms with Crippen molar-refractivity contribution >= 4 is 5.69 Å². The number of rotatable bonds is 4. The molecule has 0 saturated heterocycles. The van der Waals surface area contributed by atoms with E-state index >= 15 is 0 Å². The minimum atomic E-state index is -0.572. The standard InChI is InChI=1S/C12H15FN2O2/c1-12(3-2-4-12)14-8-9-5-10(13)7-11(6-9)15(16)17/h5-7,14H,2-4,8H2,1H3.